The highest BCUT2D eigenvalue weighted by atomic mass is 35.5. The second-order valence-electron chi connectivity index (χ2n) is 4.99. The van der Waals surface area contributed by atoms with Crippen molar-refractivity contribution in [3.63, 3.8) is 0 Å². The lowest BCUT2D eigenvalue weighted by atomic mass is 10.1. The highest BCUT2D eigenvalue weighted by Gasteiger charge is 2.28. The van der Waals surface area contributed by atoms with Gasteiger partial charge < -0.3 is 20.1 Å². The Morgan fingerprint density at radius 1 is 1.55 bits per heavy atom. The zero-order valence-electron chi connectivity index (χ0n) is 12.7. The predicted molar refractivity (Wildman–Crippen MR) is 90.3 cm³/mol. The van der Waals surface area contributed by atoms with E-state index in [4.69, 9.17) is 21.1 Å². The number of rotatable bonds is 5. The number of amides is 1. The molecule has 1 aliphatic heterocycles. The van der Waals surface area contributed by atoms with Crippen molar-refractivity contribution in [2.45, 2.75) is 32.4 Å². The number of benzene rings is 1. The van der Waals surface area contributed by atoms with Gasteiger partial charge in [-0.1, -0.05) is 18.5 Å². The van der Waals surface area contributed by atoms with Crippen molar-refractivity contribution in [3.05, 3.63) is 23.2 Å². The average Bonchev–Trinajstić information content (AvgIpc) is 2.47. The van der Waals surface area contributed by atoms with Crippen LogP contribution in [0.1, 0.15) is 20.3 Å². The molecule has 0 radical (unpaired) electrons. The van der Waals surface area contributed by atoms with E-state index in [1.165, 1.54) is 0 Å². The number of hydrogen-bond donors (Lipinski definition) is 2. The molecule has 2 atom stereocenters. The van der Waals surface area contributed by atoms with Gasteiger partial charge in [0.25, 0.3) is 0 Å². The first-order valence-corrected chi connectivity index (χ1v) is 7.57. The Balaban J connectivity index is 0.00000242. The van der Waals surface area contributed by atoms with Crippen LogP contribution in [0.3, 0.4) is 0 Å². The molecule has 0 bridgehead atoms. The molecule has 0 saturated carbocycles. The third-order valence-corrected chi connectivity index (χ3v) is 3.56. The topological polar surface area (TPSA) is 59.6 Å². The molecular formula is C15H22Cl2N2O3. The number of ether oxygens (including phenoxy) is 2. The molecule has 2 N–H and O–H groups in total. The summed E-state index contributed by atoms with van der Waals surface area (Å²) in [5.41, 5.74) is 0.647. The fraction of sp³-hybridized carbons (Fsp3) is 0.533. The van der Waals surface area contributed by atoms with Crippen molar-refractivity contribution in [2.24, 2.45) is 0 Å². The van der Waals surface area contributed by atoms with Crippen molar-refractivity contribution < 1.29 is 14.3 Å². The first kappa shape index (κ1) is 19.0. The number of anilines is 1. The van der Waals surface area contributed by atoms with Crippen LogP contribution in [0.25, 0.3) is 0 Å². The van der Waals surface area contributed by atoms with Crippen LogP contribution in [-0.4, -0.2) is 37.8 Å². The van der Waals surface area contributed by atoms with Crippen molar-refractivity contribution in [1.82, 2.24) is 5.32 Å². The smallest absolute Gasteiger partial charge is 0.244 e. The Morgan fingerprint density at radius 3 is 2.95 bits per heavy atom. The maximum atomic E-state index is 12.2. The van der Waals surface area contributed by atoms with Gasteiger partial charge in [-0.3, -0.25) is 4.79 Å². The summed E-state index contributed by atoms with van der Waals surface area (Å²) in [4.78, 5) is 12.2. The van der Waals surface area contributed by atoms with Crippen LogP contribution in [0.15, 0.2) is 18.2 Å². The van der Waals surface area contributed by atoms with Gasteiger partial charge >= 0.3 is 0 Å². The van der Waals surface area contributed by atoms with Crippen molar-refractivity contribution >= 4 is 35.6 Å². The monoisotopic (exact) mass is 348 g/mol. The molecule has 124 valence electrons. The minimum atomic E-state index is -0.353. The lowest BCUT2D eigenvalue weighted by Gasteiger charge is -2.29. The number of carbonyl (C=O) groups excluding carboxylic acids is 1. The molecular weight excluding hydrogens is 327 g/mol. The number of nitrogens with one attached hydrogen (secondary N) is 2. The number of halogens is 2. The Morgan fingerprint density at radius 2 is 2.32 bits per heavy atom. The summed E-state index contributed by atoms with van der Waals surface area (Å²) >= 11 is 6.15. The average molecular weight is 349 g/mol. The van der Waals surface area contributed by atoms with Crippen molar-refractivity contribution in [3.8, 4) is 5.75 Å². The van der Waals surface area contributed by atoms with Crippen LogP contribution in [0, 0.1) is 0 Å². The molecule has 0 aromatic heterocycles. The van der Waals surface area contributed by atoms with E-state index in [1.54, 1.807) is 18.2 Å². The molecule has 1 aliphatic rings. The molecule has 1 heterocycles. The maximum Gasteiger partial charge on any atom is 0.244 e. The van der Waals surface area contributed by atoms with Gasteiger partial charge in [0.2, 0.25) is 5.91 Å². The standard InChI is InChI=1S/C15H21ClN2O3.ClH/c1-3-7-21-13-5-4-11(9-12(13)16)18-15(19)14-10(2)20-8-6-17-14;/h4-5,9-10,14,17H,3,6-8H2,1-2H3,(H,18,19);1H/t10-,14+;/m1./s1. The van der Waals surface area contributed by atoms with Gasteiger partial charge in [-0.05, 0) is 31.5 Å². The highest BCUT2D eigenvalue weighted by Crippen LogP contribution is 2.28. The van der Waals surface area contributed by atoms with Crippen molar-refractivity contribution in [1.29, 1.82) is 0 Å². The van der Waals surface area contributed by atoms with Gasteiger partial charge in [-0.25, -0.2) is 0 Å². The largest absolute Gasteiger partial charge is 0.492 e. The van der Waals surface area contributed by atoms with E-state index in [9.17, 15) is 4.79 Å². The minimum Gasteiger partial charge on any atom is -0.492 e. The summed E-state index contributed by atoms with van der Waals surface area (Å²) in [5.74, 6) is 0.504. The molecule has 7 heteroatoms. The van der Waals surface area contributed by atoms with Crippen LogP contribution in [0.4, 0.5) is 5.69 Å². The van der Waals surface area contributed by atoms with Crippen LogP contribution in [0.5, 0.6) is 5.75 Å². The Bertz CT molecular complexity index is 500. The molecule has 0 spiro atoms. The molecule has 5 nitrogen and oxygen atoms in total. The Labute approximate surface area is 142 Å². The first-order chi connectivity index (χ1) is 10.1. The van der Waals surface area contributed by atoms with Crippen LogP contribution in [0.2, 0.25) is 5.02 Å². The van der Waals surface area contributed by atoms with Gasteiger partial charge in [-0.15, -0.1) is 12.4 Å². The van der Waals surface area contributed by atoms with E-state index < -0.39 is 0 Å². The van der Waals surface area contributed by atoms with Crippen LogP contribution >= 0.6 is 24.0 Å². The Hall–Kier alpha value is -1.01. The second-order valence-corrected chi connectivity index (χ2v) is 5.40. The minimum absolute atomic E-state index is 0. The van der Waals surface area contributed by atoms with Gasteiger partial charge in [0.1, 0.15) is 11.8 Å². The third kappa shape index (κ3) is 5.02. The molecule has 1 fully saturated rings. The predicted octanol–water partition coefficient (Wildman–Crippen LogP) is 2.87. The van der Waals surface area contributed by atoms with Crippen molar-refractivity contribution in [2.75, 3.05) is 25.1 Å². The fourth-order valence-electron chi connectivity index (χ4n) is 2.15. The third-order valence-electron chi connectivity index (χ3n) is 3.26. The fourth-order valence-corrected chi connectivity index (χ4v) is 2.39. The summed E-state index contributed by atoms with van der Waals surface area (Å²) in [6, 6.07) is 4.89. The molecule has 1 aromatic rings. The molecule has 0 aliphatic carbocycles. The molecule has 0 unspecified atom stereocenters. The normalized spacial score (nSPS) is 20.9. The van der Waals surface area contributed by atoms with Crippen LogP contribution < -0.4 is 15.4 Å². The molecule has 1 saturated heterocycles. The molecule has 2 rings (SSSR count). The summed E-state index contributed by atoms with van der Waals surface area (Å²) in [6.45, 7) is 5.83. The van der Waals surface area contributed by atoms with E-state index in [2.05, 4.69) is 10.6 Å². The quantitative estimate of drug-likeness (QED) is 0.858. The molecule has 1 aromatic carbocycles. The summed E-state index contributed by atoms with van der Waals surface area (Å²) < 4.78 is 11.0. The van der Waals surface area contributed by atoms with E-state index in [-0.39, 0.29) is 30.5 Å². The molecule has 1 amide bonds. The molecule has 22 heavy (non-hydrogen) atoms. The summed E-state index contributed by atoms with van der Waals surface area (Å²) in [6.07, 6.45) is 0.765. The van der Waals surface area contributed by atoms with E-state index in [0.717, 1.165) is 6.42 Å². The van der Waals surface area contributed by atoms with E-state index in [0.29, 0.717) is 36.2 Å². The highest BCUT2D eigenvalue weighted by molar-refractivity contribution is 6.32. The summed E-state index contributed by atoms with van der Waals surface area (Å²) in [5, 5.41) is 6.48. The maximum absolute atomic E-state index is 12.2. The SMILES string of the molecule is CCCOc1ccc(NC(=O)[C@H]2NCCO[C@@H]2C)cc1Cl.Cl. The Kier molecular flexibility index (Phi) is 7.96. The number of carbonyl (C=O) groups is 1. The van der Waals surface area contributed by atoms with Gasteiger partial charge in [0.05, 0.1) is 24.3 Å². The lowest BCUT2D eigenvalue weighted by molar-refractivity contribution is -0.123. The zero-order valence-corrected chi connectivity index (χ0v) is 14.3. The van der Waals surface area contributed by atoms with Gasteiger partial charge in [0.15, 0.2) is 0 Å². The number of hydrogen-bond acceptors (Lipinski definition) is 4. The second kappa shape index (κ2) is 9.20. The first-order valence-electron chi connectivity index (χ1n) is 7.20. The van der Waals surface area contributed by atoms with Crippen LogP contribution in [-0.2, 0) is 9.53 Å². The van der Waals surface area contributed by atoms with E-state index in [1.807, 2.05) is 13.8 Å². The lowest BCUT2D eigenvalue weighted by Crippen LogP contribution is -2.53. The van der Waals surface area contributed by atoms with Gasteiger partial charge in [0, 0.05) is 12.2 Å². The van der Waals surface area contributed by atoms with Gasteiger partial charge in [-0.2, -0.15) is 0 Å². The van der Waals surface area contributed by atoms with E-state index >= 15 is 0 Å². The summed E-state index contributed by atoms with van der Waals surface area (Å²) in [7, 11) is 0. The zero-order chi connectivity index (χ0) is 15.2. The number of morpholine rings is 1.